The first-order valence-electron chi connectivity index (χ1n) is 26.4. The molecule has 0 aliphatic carbocycles. The Bertz CT molecular complexity index is 1640. The van der Waals surface area contributed by atoms with Gasteiger partial charge in [-0.25, -0.2) is 0 Å². The zero-order valence-corrected chi connectivity index (χ0v) is 43.3. The molecule has 22 nitrogen and oxygen atoms in total. The Morgan fingerprint density at radius 1 is 0.611 bits per heavy atom. The number of hydrogen-bond acceptors (Lipinski definition) is 22. The number of aliphatic hydroxyl groups excluding tert-OH is 8. The monoisotopic (exact) mass is 1040 g/mol. The van der Waals surface area contributed by atoms with E-state index >= 15 is 0 Å². The summed E-state index contributed by atoms with van der Waals surface area (Å²) in [6, 6.07) is 0. The molecule has 0 amide bonds. The van der Waals surface area contributed by atoms with Crippen LogP contribution in [-0.4, -0.2) is 200 Å². The molecule has 2 bridgehead atoms. The minimum Gasteiger partial charge on any atom is -0.463 e. The molecule has 22 heteroatoms. The van der Waals surface area contributed by atoms with Crippen molar-refractivity contribution in [3.63, 3.8) is 0 Å². The second-order valence-electron chi connectivity index (χ2n) is 20.5. The van der Waals surface area contributed by atoms with Gasteiger partial charge in [0.2, 0.25) is 0 Å². The van der Waals surface area contributed by atoms with E-state index in [0.717, 1.165) is 51.4 Å². The molecular formula is C50H86O22. The van der Waals surface area contributed by atoms with Crippen LogP contribution in [0.3, 0.4) is 0 Å². The highest BCUT2D eigenvalue weighted by molar-refractivity contribution is 5.73. The van der Waals surface area contributed by atoms with Crippen LogP contribution in [0.25, 0.3) is 0 Å². The average Bonchev–Trinajstić information content (AvgIpc) is 3.34. The summed E-state index contributed by atoms with van der Waals surface area (Å²) in [5.41, 5.74) is 0. The average molecular weight is 1040 g/mol. The van der Waals surface area contributed by atoms with Crippen LogP contribution in [0.5, 0.6) is 0 Å². The van der Waals surface area contributed by atoms with Crippen LogP contribution in [0.4, 0.5) is 0 Å². The summed E-state index contributed by atoms with van der Waals surface area (Å²) in [5, 5.41) is 89.5. The van der Waals surface area contributed by atoms with Gasteiger partial charge in [-0.1, -0.05) is 78.6 Å². The number of fused-ring (bicyclic) bond motifs is 4. The lowest BCUT2D eigenvalue weighted by Gasteiger charge is -2.50. The number of hydrogen-bond donors (Lipinski definition) is 8. The van der Waals surface area contributed by atoms with Gasteiger partial charge in [0.25, 0.3) is 0 Å². The lowest BCUT2D eigenvalue weighted by Crippen LogP contribution is -2.68. The van der Waals surface area contributed by atoms with Crippen LogP contribution in [0.15, 0.2) is 0 Å². The highest BCUT2D eigenvalue weighted by atomic mass is 16.8. The van der Waals surface area contributed by atoms with Crippen molar-refractivity contribution in [2.75, 3.05) is 6.61 Å². The minimum atomic E-state index is -1.99. The summed E-state index contributed by atoms with van der Waals surface area (Å²) in [6.07, 6.45) is -23.5. The largest absolute Gasteiger partial charge is 0.463 e. The number of carbonyl (C=O) groups is 3. The van der Waals surface area contributed by atoms with Crippen LogP contribution < -0.4 is 0 Å². The molecule has 5 fully saturated rings. The van der Waals surface area contributed by atoms with Crippen LogP contribution in [0.2, 0.25) is 0 Å². The van der Waals surface area contributed by atoms with Gasteiger partial charge in [-0.05, 0) is 60.3 Å². The van der Waals surface area contributed by atoms with Crippen LogP contribution in [0.1, 0.15) is 145 Å². The summed E-state index contributed by atoms with van der Waals surface area (Å²) in [5.74, 6) is -4.07. The van der Waals surface area contributed by atoms with E-state index in [9.17, 15) is 55.2 Å². The summed E-state index contributed by atoms with van der Waals surface area (Å²) in [6.45, 7) is 12.2. The van der Waals surface area contributed by atoms with Gasteiger partial charge < -0.3 is 93.0 Å². The van der Waals surface area contributed by atoms with Gasteiger partial charge >= 0.3 is 17.9 Å². The Labute approximate surface area is 423 Å². The number of esters is 3. The van der Waals surface area contributed by atoms with Crippen molar-refractivity contribution in [2.45, 2.75) is 280 Å². The molecule has 5 heterocycles. The highest BCUT2D eigenvalue weighted by Gasteiger charge is 2.58. The summed E-state index contributed by atoms with van der Waals surface area (Å²) in [4.78, 5) is 40.7. The SMILES string of the molecule is CCCCCC1CCCCCCCCCC(=O)O[C@@H]2[C@@H](O[C@@H]3O[C@H](C)[C@@H](O)[C@H](O)[C@H]3O)[C@H](C)O[C@@H](O[C@H]3[C@H](O[C@H]4[C@H](O1)O[C@H](C)[C@@H](O)[C@@H]4O)O[C@H](COC(=O)[C@@H](C)CC)[C@@H](O)[C@@H]3O)[C@@H]2OC(=O)[C@H](C)[C@@H](C)O. The third kappa shape index (κ3) is 15.9. The number of unbranched alkanes of at least 4 members (excludes halogenated alkanes) is 2. The lowest BCUT2D eigenvalue weighted by molar-refractivity contribution is -0.399. The van der Waals surface area contributed by atoms with Crippen molar-refractivity contribution < 1.29 is 107 Å². The van der Waals surface area contributed by atoms with E-state index in [0.29, 0.717) is 32.1 Å². The Balaban J connectivity index is 1.60. The molecule has 418 valence electrons. The van der Waals surface area contributed by atoms with Gasteiger partial charge in [-0.15, -0.1) is 0 Å². The van der Waals surface area contributed by atoms with Crippen molar-refractivity contribution >= 4 is 17.9 Å². The third-order valence-corrected chi connectivity index (χ3v) is 14.7. The smallest absolute Gasteiger partial charge is 0.311 e. The summed E-state index contributed by atoms with van der Waals surface area (Å²) < 4.78 is 68.2. The van der Waals surface area contributed by atoms with Gasteiger partial charge in [-0.2, -0.15) is 0 Å². The van der Waals surface area contributed by atoms with E-state index in [1.165, 1.54) is 27.7 Å². The predicted octanol–water partition coefficient (Wildman–Crippen LogP) is 1.55. The van der Waals surface area contributed by atoms with Gasteiger partial charge in [-0.3, -0.25) is 14.4 Å². The van der Waals surface area contributed by atoms with E-state index < -0.39 is 165 Å². The van der Waals surface area contributed by atoms with E-state index in [-0.39, 0.29) is 12.5 Å². The molecule has 1 unspecified atom stereocenters. The molecule has 0 radical (unpaired) electrons. The zero-order chi connectivity index (χ0) is 53.0. The Hall–Kier alpha value is -2.23. The normalized spacial score (nSPS) is 42.4. The highest BCUT2D eigenvalue weighted by Crippen LogP contribution is 2.38. The summed E-state index contributed by atoms with van der Waals surface area (Å²) >= 11 is 0. The van der Waals surface area contributed by atoms with Gasteiger partial charge in [0.05, 0.1) is 42.4 Å². The van der Waals surface area contributed by atoms with E-state index in [2.05, 4.69) is 6.92 Å². The predicted molar refractivity (Wildman–Crippen MR) is 250 cm³/mol. The Kier molecular flexibility index (Phi) is 24.2. The zero-order valence-electron chi connectivity index (χ0n) is 43.3. The van der Waals surface area contributed by atoms with Crippen molar-refractivity contribution in [2.24, 2.45) is 11.8 Å². The van der Waals surface area contributed by atoms with Crippen molar-refractivity contribution in [1.29, 1.82) is 0 Å². The molecular weight excluding hydrogens is 953 g/mol. The number of aliphatic hydroxyl groups is 8. The van der Waals surface area contributed by atoms with Crippen LogP contribution in [0, 0.1) is 11.8 Å². The molecule has 5 aliphatic rings. The maximum atomic E-state index is 13.9. The van der Waals surface area contributed by atoms with Crippen molar-refractivity contribution in [1.82, 2.24) is 0 Å². The topological polar surface area (TPSA) is 315 Å². The van der Waals surface area contributed by atoms with Crippen LogP contribution >= 0.6 is 0 Å². The summed E-state index contributed by atoms with van der Waals surface area (Å²) in [7, 11) is 0. The fourth-order valence-electron chi connectivity index (χ4n) is 9.41. The first-order chi connectivity index (χ1) is 34.2. The first kappa shape index (κ1) is 60.6. The Morgan fingerprint density at radius 3 is 1.85 bits per heavy atom. The number of ether oxygens (including phenoxy) is 11. The molecule has 0 saturated carbocycles. The maximum absolute atomic E-state index is 13.9. The molecule has 8 N–H and O–H groups in total. The van der Waals surface area contributed by atoms with Gasteiger partial charge in [0.15, 0.2) is 37.4 Å². The van der Waals surface area contributed by atoms with E-state index in [1.54, 1.807) is 20.8 Å². The Morgan fingerprint density at radius 2 is 1.19 bits per heavy atom. The maximum Gasteiger partial charge on any atom is 0.311 e. The van der Waals surface area contributed by atoms with Gasteiger partial charge in [0, 0.05) is 6.42 Å². The lowest BCUT2D eigenvalue weighted by atomic mass is 9.95. The van der Waals surface area contributed by atoms with E-state index in [4.69, 9.17) is 52.1 Å². The second kappa shape index (κ2) is 28.8. The number of rotatable bonds is 13. The molecule has 72 heavy (non-hydrogen) atoms. The standard InChI is InChI=1S/C50H86O22/c1-9-11-17-20-30-21-18-15-13-12-14-16-19-22-32(52)68-43-40(70-47-39(59)36(56)33(53)27(6)63-47)29(8)65-50(44(43)69-46(61)25(4)26(5)51)72-42-38(58)35(55)31(23-62-45(60)24(3)10-2)67-49(42)71-41-37(57)34(54)28(7)64-48(41)66-30/h24-31,33-44,47-51,53-59H,9-23H2,1-8H3/t24-,25+,26+,27+,28+,29-,30?,31+,33+,34+,35+,36-,37-,38-,39+,40-,41+,42+,43+,44+,47-,48-,49-,50-/m0/s1. The fourth-order valence-corrected chi connectivity index (χ4v) is 9.41. The molecule has 5 saturated heterocycles. The fraction of sp³-hybridized carbons (Fsp3) is 0.940. The molecule has 5 aliphatic heterocycles. The molecule has 24 atom stereocenters. The van der Waals surface area contributed by atoms with Crippen LogP contribution in [-0.2, 0) is 66.5 Å². The van der Waals surface area contributed by atoms with Gasteiger partial charge in [0.1, 0.15) is 73.8 Å². The van der Waals surface area contributed by atoms with Crippen molar-refractivity contribution in [3.05, 3.63) is 0 Å². The van der Waals surface area contributed by atoms with E-state index in [1.807, 2.05) is 0 Å². The first-order valence-corrected chi connectivity index (χ1v) is 26.4. The third-order valence-electron chi connectivity index (χ3n) is 14.7. The number of carbonyl (C=O) groups excluding carboxylic acids is 3. The molecule has 0 aromatic rings. The minimum absolute atomic E-state index is 0.0757. The molecule has 0 aromatic heterocycles. The molecule has 0 spiro atoms. The van der Waals surface area contributed by atoms with Crippen molar-refractivity contribution in [3.8, 4) is 0 Å². The molecule has 5 rings (SSSR count). The second-order valence-corrected chi connectivity index (χ2v) is 20.5. The molecule has 0 aromatic carbocycles. The quantitative estimate of drug-likeness (QED) is 0.0737.